The van der Waals surface area contributed by atoms with Crippen LogP contribution in [0.5, 0.6) is 0 Å². The molecule has 0 spiro atoms. The van der Waals surface area contributed by atoms with Gasteiger partial charge in [-0.2, -0.15) is 13.2 Å². The van der Waals surface area contributed by atoms with Crippen LogP contribution in [-0.4, -0.2) is 27.8 Å². The topological polar surface area (TPSA) is 23.5 Å². The molecule has 1 aliphatic rings. The highest BCUT2D eigenvalue weighted by atomic mass is 19.4. The van der Waals surface area contributed by atoms with Gasteiger partial charge in [0.1, 0.15) is 0 Å². The lowest BCUT2D eigenvalue weighted by Crippen LogP contribution is -2.67. The summed E-state index contributed by atoms with van der Waals surface area (Å²) in [6.07, 6.45) is -4.50. The quantitative estimate of drug-likeness (QED) is 0.887. The first-order valence-electron chi connectivity index (χ1n) is 8.01. The molecular formula is C19H20F3NO. The predicted molar refractivity (Wildman–Crippen MR) is 86.2 cm³/mol. The van der Waals surface area contributed by atoms with E-state index in [-0.39, 0.29) is 6.42 Å². The van der Waals surface area contributed by atoms with Crippen molar-refractivity contribution in [2.45, 2.75) is 43.8 Å². The van der Waals surface area contributed by atoms with E-state index < -0.39 is 17.8 Å². The number of rotatable bonds is 5. The number of nitrogens with zero attached hydrogens (tertiary/aromatic N) is 1. The second-order valence-electron chi connectivity index (χ2n) is 6.35. The van der Waals surface area contributed by atoms with Gasteiger partial charge >= 0.3 is 6.18 Å². The minimum Gasteiger partial charge on any atom is -0.379 e. The summed E-state index contributed by atoms with van der Waals surface area (Å²) in [5, 5.41) is 10.2. The van der Waals surface area contributed by atoms with E-state index in [4.69, 9.17) is 0 Å². The molecular weight excluding hydrogens is 315 g/mol. The summed E-state index contributed by atoms with van der Waals surface area (Å²) in [6.45, 7) is 0.748. The van der Waals surface area contributed by atoms with Crippen LogP contribution < -0.4 is 0 Å². The van der Waals surface area contributed by atoms with E-state index in [0.717, 1.165) is 11.1 Å². The minimum absolute atomic E-state index is 0.235. The van der Waals surface area contributed by atoms with Crippen molar-refractivity contribution in [3.05, 3.63) is 71.8 Å². The Hall–Kier alpha value is -1.85. The number of aliphatic hydroxyl groups is 1. The van der Waals surface area contributed by atoms with Gasteiger partial charge in [0.15, 0.2) is 5.60 Å². The average molecular weight is 335 g/mol. The van der Waals surface area contributed by atoms with Gasteiger partial charge in [0.25, 0.3) is 0 Å². The van der Waals surface area contributed by atoms with Crippen molar-refractivity contribution in [1.29, 1.82) is 0 Å². The van der Waals surface area contributed by atoms with E-state index in [1.807, 2.05) is 60.7 Å². The average Bonchev–Trinajstić information content (AvgIpc) is 2.54. The Morgan fingerprint density at radius 1 is 0.917 bits per heavy atom. The van der Waals surface area contributed by atoms with Crippen LogP contribution in [0, 0.1) is 0 Å². The van der Waals surface area contributed by atoms with E-state index in [1.165, 1.54) is 0 Å². The van der Waals surface area contributed by atoms with Crippen molar-refractivity contribution in [1.82, 2.24) is 4.90 Å². The lowest BCUT2D eigenvalue weighted by atomic mass is 9.73. The van der Waals surface area contributed by atoms with Gasteiger partial charge in [-0.05, 0) is 24.0 Å². The van der Waals surface area contributed by atoms with Crippen LogP contribution in [0.3, 0.4) is 0 Å². The van der Waals surface area contributed by atoms with Gasteiger partial charge in [-0.25, -0.2) is 0 Å². The maximum Gasteiger partial charge on any atom is 0.418 e. The van der Waals surface area contributed by atoms with Crippen LogP contribution in [-0.2, 0) is 13.1 Å². The molecule has 1 saturated carbocycles. The van der Waals surface area contributed by atoms with Crippen LogP contribution in [0.15, 0.2) is 60.7 Å². The molecule has 0 amide bonds. The molecule has 0 heterocycles. The van der Waals surface area contributed by atoms with Gasteiger partial charge in [0.2, 0.25) is 0 Å². The van der Waals surface area contributed by atoms with Gasteiger partial charge in [-0.1, -0.05) is 60.7 Å². The number of benzene rings is 2. The van der Waals surface area contributed by atoms with Crippen LogP contribution in [0.1, 0.15) is 24.0 Å². The molecule has 0 aliphatic heterocycles. The Kier molecular flexibility index (Phi) is 4.65. The largest absolute Gasteiger partial charge is 0.418 e. The van der Waals surface area contributed by atoms with E-state index in [2.05, 4.69) is 0 Å². The highest BCUT2D eigenvalue weighted by Crippen LogP contribution is 2.48. The first-order chi connectivity index (χ1) is 11.4. The fourth-order valence-corrected chi connectivity index (χ4v) is 3.27. The Labute approximate surface area is 139 Å². The summed E-state index contributed by atoms with van der Waals surface area (Å²) in [4.78, 5) is 1.74. The Morgan fingerprint density at radius 2 is 1.38 bits per heavy atom. The molecule has 2 aromatic carbocycles. The number of hydrogen-bond donors (Lipinski definition) is 1. The number of alkyl halides is 3. The van der Waals surface area contributed by atoms with Crippen LogP contribution >= 0.6 is 0 Å². The summed E-state index contributed by atoms with van der Waals surface area (Å²) < 4.78 is 39.9. The predicted octanol–water partition coefficient (Wildman–Crippen LogP) is 4.14. The van der Waals surface area contributed by atoms with Crippen molar-refractivity contribution in [2.75, 3.05) is 0 Å². The van der Waals surface area contributed by atoms with Gasteiger partial charge in [-0.15, -0.1) is 0 Å². The standard InChI is InChI=1S/C19H20F3NO/c20-19(21,22)18(24)12-11-17(18)23(13-15-7-3-1-4-8-15)14-16-9-5-2-6-10-16/h1-10,17,24H,11-14H2/t17-,18+/m0/s1. The highest BCUT2D eigenvalue weighted by molar-refractivity contribution is 5.19. The molecule has 2 atom stereocenters. The van der Waals surface area contributed by atoms with E-state index in [9.17, 15) is 18.3 Å². The number of hydrogen-bond acceptors (Lipinski definition) is 2. The summed E-state index contributed by atoms with van der Waals surface area (Å²) in [5.41, 5.74) is -0.744. The normalized spacial score (nSPS) is 24.0. The maximum atomic E-state index is 13.3. The second-order valence-corrected chi connectivity index (χ2v) is 6.35. The van der Waals surface area contributed by atoms with E-state index in [0.29, 0.717) is 19.5 Å². The van der Waals surface area contributed by atoms with Gasteiger partial charge in [-0.3, -0.25) is 4.90 Å². The van der Waals surface area contributed by atoms with E-state index in [1.54, 1.807) is 4.90 Å². The summed E-state index contributed by atoms with van der Waals surface area (Å²) >= 11 is 0. The third-order valence-corrected chi connectivity index (χ3v) is 4.74. The summed E-state index contributed by atoms with van der Waals surface area (Å²) in [7, 11) is 0. The first-order valence-corrected chi connectivity index (χ1v) is 8.01. The highest BCUT2D eigenvalue weighted by Gasteiger charge is 2.64. The van der Waals surface area contributed by atoms with Gasteiger partial charge in [0.05, 0.1) is 0 Å². The molecule has 1 aliphatic carbocycles. The molecule has 24 heavy (non-hydrogen) atoms. The third-order valence-electron chi connectivity index (χ3n) is 4.74. The van der Waals surface area contributed by atoms with E-state index >= 15 is 0 Å². The van der Waals surface area contributed by atoms with Crippen molar-refractivity contribution in [3.8, 4) is 0 Å². The fourth-order valence-electron chi connectivity index (χ4n) is 3.27. The monoisotopic (exact) mass is 335 g/mol. The Balaban J connectivity index is 1.85. The molecule has 2 nitrogen and oxygen atoms in total. The van der Waals surface area contributed by atoms with Crippen molar-refractivity contribution in [3.63, 3.8) is 0 Å². The molecule has 128 valence electrons. The molecule has 0 radical (unpaired) electrons. The fraction of sp³-hybridized carbons (Fsp3) is 0.368. The SMILES string of the molecule is O[C@]1(C(F)(F)F)CC[C@@H]1N(Cc1ccccc1)Cc1ccccc1. The number of halogens is 3. The van der Waals surface area contributed by atoms with Gasteiger partial charge < -0.3 is 5.11 Å². The molecule has 2 aromatic rings. The molecule has 0 bridgehead atoms. The Bertz CT molecular complexity index is 618. The zero-order valence-electron chi connectivity index (χ0n) is 13.2. The van der Waals surface area contributed by atoms with Crippen molar-refractivity contribution >= 4 is 0 Å². The van der Waals surface area contributed by atoms with Crippen molar-refractivity contribution in [2.24, 2.45) is 0 Å². The van der Waals surface area contributed by atoms with Gasteiger partial charge in [0, 0.05) is 19.1 Å². The summed E-state index contributed by atoms with van der Waals surface area (Å²) in [5.74, 6) is 0. The van der Waals surface area contributed by atoms with Crippen LogP contribution in [0.4, 0.5) is 13.2 Å². The molecule has 1 N–H and O–H groups in total. The molecule has 5 heteroatoms. The Morgan fingerprint density at radius 3 is 1.71 bits per heavy atom. The minimum atomic E-state index is -4.61. The molecule has 0 aromatic heterocycles. The first kappa shape index (κ1) is 17.0. The zero-order chi connectivity index (χ0) is 17.2. The third kappa shape index (κ3) is 3.32. The van der Waals surface area contributed by atoms with Crippen LogP contribution in [0.2, 0.25) is 0 Å². The second kappa shape index (κ2) is 6.57. The molecule has 3 rings (SSSR count). The summed E-state index contributed by atoms with van der Waals surface area (Å²) in [6, 6.07) is 17.9. The molecule has 0 saturated heterocycles. The lowest BCUT2D eigenvalue weighted by Gasteiger charge is -2.51. The molecule has 1 fully saturated rings. The zero-order valence-corrected chi connectivity index (χ0v) is 13.2. The van der Waals surface area contributed by atoms with Crippen LogP contribution in [0.25, 0.3) is 0 Å². The van der Waals surface area contributed by atoms with Crippen molar-refractivity contribution < 1.29 is 18.3 Å². The molecule has 0 unspecified atom stereocenters. The smallest absolute Gasteiger partial charge is 0.379 e. The maximum absolute atomic E-state index is 13.3. The lowest BCUT2D eigenvalue weighted by molar-refractivity contribution is -0.312.